The van der Waals surface area contributed by atoms with E-state index in [4.69, 9.17) is 68.8 Å². The minimum Gasteiger partial charge on any atom is -0.461 e. The normalized spacial score (nSPS) is 30.0. The number of alkyl halides is 3. The quantitative estimate of drug-likeness (QED) is 0.0126. The number of aromatic nitrogens is 2. The highest BCUT2D eigenvalue weighted by Gasteiger charge is 2.61. The molecule has 2 amide bonds. The van der Waals surface area contributed by atoms with Gasteiger partial charge in [-0.2, -0.15) is 0 Å². The summed E-state index contributed by atoms with van der Waals surface area (Å²) in [6.07, 6.45) is -3.15. The van der Waals surface area contributed by atoms with Crippen LogP contribution in [0.5, 0.6) is 5.75 Å². The van der Waals surface area contributed by atoms with Gasteiger partial charge in [-0.15, -0.1) is 0 Å². The van der Waals surface area contributed by atoms with Crippen molar-refractivity contribution >= 4 is 45.2 Å². The van der Waals surface area contributed by atoms with Crippen LogP contribution in [-0.4, -0.2) is 200 Å². The average Bonchev–Trinajstić information content (AvgIpc) is 1.63. The molecule has 7 heterocycles. The molecule has 2 aromatic rings. The van der Waals surface area contributed by atoms with Crippen LogP contribution in [-0.2, 0) is 81.7 Å². The Hall–Kier alpha value is -8.69. The molecule has 109 heavy (non-hydrogen) atoms. The number of para-hydroxylation sites is 1. The lowest BCUT2D eigenvalue weighted by Crippen LogP contribution is -2.50. The molecule has 0 radical (unpaired) electrons. The highest BCUT2D eigenvalue weighted by Crippen LogP contribution is 2.56. The lowest BCUT2D eigenvalue weighted by molar-refractivity contribution is -0.168. The summed E-state index contributed by atoms with van der Waals surface area (Å²) in [5.74, 6) is -2.93. The van der Waals surface area contributed by atoms with Gasteiger partial charge < -0.3 is 79.0 Å². The Morgan fingerprint density at radius 3 is 1.61 bits per heavy atom. The smallest absolute Gasteiger partial charge is 0.461 e. The van der Waals surface area contributed by atoms with Crippen molar-refractivity contribution in [2.45, 2.75) is 216 Å². The number of rotatable bonds is 27. The Labute approximate surface area is 622 Å². The molecule has 6 aliphatic heterocycles. The molecule has 3 saturated heterocycles. The number of nitrogens with zero attached hydrogens (tertiary/aromatic N) is 12. The number of fused-ring (bicyclic) bond motifs is 1. The molecule has 2 saturated carbocycles. The monoisotopic (exact) mass is 1580 g/mol. The SMILES string of the molecule is C.C=C1NC(=O)C=CN1[C@@H]1O[C@](CN=[N+]=[N-])(COC(=O)C(N)C(C)C)[C@@H](O)[C@H]1F.C=C1NC(=O)C=CN1[C@@H]1O[C@](CN=[N+]=[N-])(COP2(=O)OCc3cccc(C)c3O2)[C@@H](O)[C@H]1F.CC(NP(=O)(NC(C)C(=O)OC1CCCCC1)OC[C@@]1(CN=[N+]=[N-])O[C@@H](n2ccc(=O)[nH]c2=O)[C@H](F)[C@@H]1O)C(=O)OC1CCCCC1. The number of aliphatic hydroxyl groups is 3. The number of phosphoric ester groups is 1. The van der Waals surface area contributed by atoms with Crippen molar-refractivity contribution in [3.63, 3.8) is 0 Å². The summed E-state index contributed by atoms with van der Waals surface area (Å²) >= 11 is 0. The van der Waals surface area contributed by atoms with Gasteiger partial charge in [-0.05, 0) is 100 Å². The van der Waals surface area contributed by atoms with Gasteiger partial charge in [0.1, 0.15) is 89.4 Å². The molecule has 0 spiro atoms. The van der Waals surface area contributed by atoms with Crippen molar-refractivity contribution in [2.75, 3.05) is 39.5 Å². The number of phosphoric acid groups is 1. The molecule has 0 bridgehead atoms. The molecular weight excluding hydrogens is 1490 g/mol. The minimum absolute atomic E-state index is 0. The van der Waals surface area contributed by atoms with E-state index in [-0.39, 0.29) is 43.8 Å². The van der Waals surface area contributed by atoms with E-state index in [2.05, 4.69) is 64.0 Å². The summed E-state index contributed by atoms with van der Waals surface area (Å²) in [7, 11) is -8.66. The van der Waals surface area contributed by atoms with E-state index in [1.807, 2.05) is 4.98 Å². The van der Waals surface area contributed by atoms with Gasteiger partial charge >= 0.3 is 39.1 Å². The standard InChI is InChI=1S/C28H43FN7O10P.C19H21FN5O7P.C16H23FN6O5.CH4/c1-17(25(39)44-19-9-5-3-6-10-19)33-47(42,34-18(2)26(40)45-20-11-7-4-8-12-20)43-16-28(15-31-35-30)23(38)22(29)24(46-28)36-14-13-21(37)32-27(36)41;1-11-4-3-5-13-8-29-33(28,32-16(11)13)30-10-19(9-22-24-21)17(27)15(20)18(31-19)25-7-6-14(26)23-12(25)2;1-8(2)12(18)15(26)27-7-16(6-20-22-19)13(25)11(17)14(28-16)23-5-4-10(24)21-9(23)3;/h13-14,17-20,22-24,38H,3-12,15-16H2,1-2H3,(H,32,37,41)(H2,33,34,42);3-7,15,17-18,27H,2,8-10H2,1H3,(H,23,26);4-5,8,11-14,25H,3,6-7,18H2,1-2H3,(H,21,24);1H4/t17?,18?,22-,23+,24-,28-,47?;15-,17+,18-,19-,33?;11-,12?,13+,14-,16-;/m111./s1. The maximum atomic E-state index is 15.5. The number of nitrogens with one attached hydrogen (secondary N) is 5. The number of ether oxygens (including phenoxy) is 6. The number of aromatic amines is 1. The lowest BCUT2D eigenvalue weighted by atomic mass is 9.96. The van der Waals surface area contributed by atoms with Crippen molar-refractivity contribution in [3.8, 4) is 5.75 Å². The second-order valence-corrected chi connectivity index (χ2v) is 30.3. The predicted octanol–water partition coefficient (Wildman–Crippen LogP) is 5.87. The number of nitrogens with two attached hydrogens (primary N) is 1. The van der Waals surface area contributed by atoms with E-state index in [1.165, 1.54) is 36.0 Å². The zero-order valence-electron chi connectivity index (χ0n) is 59.4. The molecule has 16 atom stereocenters. The summed E-state index contributed by atoms with van der Waals surface area (Å²) in [5.41, 5.74) is 25.8. The van der Waals surface area contributed by atoms with E-state index in [0.29, 0.717) is 47.1 Å². The predicted molar refractivity (Wildman–Crippen MR) is 376 cm³/mol. The highest BCUT2D eigenvalue weighted by atomic mass is 31.2. The second kappa shape index (κ2) is 38.3. The molecule has 600 valence electrons. The van der Waals surface area contributed by atoms with Gasteiger partial charge in [-0.25, -0.2) is 32.7 Å². The number of aliphatic hydroxyl groups excluding tert-OH is 3. The molecular formula is C64H91F3N18O22P2. The number of hydrogen-bond acceptors (Lipinski definition) is 28. The minimum atomic E-state index is -4.49. The summed E-state index contributed by atoms with van der Waals surface area (Å²) < 4.78 is 129. The number of halogens is 3. The number of aryl methyl sites for hydroxylation is 1. The Morgan fingerprint density at radius 1 is 0.716 bits per heavy atom. The van der Waals surface area contributed by atoms with Crippen LogP contribution in [0.15, 0.2) is 105 Å². The molecule has 45 heteroatoms. The number of benzene rings is 1. The third-order valence-corrected chi connectivity index (χ3v) is 21.8. The highest BCUT2D eigenvalue weighted by molar-refractivity contribution is 7.54. The Morgan fingerprint density at radius 2 is 1.17 bits per heavy atom. The van der Waals surface area contributed by atoms with Gasteiger partial charge in [0.15, 0.2) is 37.2 Å². The van der Waals surface area contributed by atoms with Crippen LogP contribution in [0.3, 0.4) is 0 Å². The van der Waals surface area contributed by atoms with Crippen LogP contribution in [0.4, 0.5) is 13.2 Å². The summed E-state index contributed by atoms with van der Waals surface area (Å²) in [6, 6.07) is 2.88. The molecule has 4 unspecified atom stereocenters. The molecule has 1 aromatic heterocycles. The molecule has 2 aliphatic carbocycles. The third kappa shape index (κ3) is 21.5. The first kappa shape index (κ1) is 87.5. The first-order valence-electron chi connectivity index (χ1n) is 34.2. The number of H-pyrrole nitrogens is 1. The van der Waals surface area contributed by atoms with Crippen molar-refractivity contribution in [3.05, 3.63) is 143 Å². The first-order valence-corrected chi connectivity index (χ1v) is 37.3. The lowest BCUT2D eigenvalue weighted by Gasteiger charge is -2.34. The van der Waals surface area contributed by atoms with Gasteiger partial charge in [0.25, 0.3) is 17.4 Å². The molecule has 8 aliphatic rings. The second-order valence-electron chi connectivity index (χ2n) is 26.8. The van der Waals surface area contributed by atoms with E-state index in [0.717, 1.165) is 62.9 Å². The largest absolute Gasteiger partial charge is 0.530 e. The number of carbonyl (C=O) groups is 5. The van der Waals surface area contributed by atoms with Crippen LogP contribution in [0, 0.1) is 12.8 Å². The van der Waals surface area contributed by atoms with Gasteiger partial charge in [0, 0.05) is 57.1 Å². The van der Waals surface area contributed by atoms with Crippen LogP contribution < -0.4 is 42.3 Å². The van der Waals surface area contributed by atoms with E-state index >= 15 is 8.78 Å². The number of amides is 2. The van der Waals surface area contributed by atoms with Crippen molar-refractivity contribution in [1.29, 1.82) is 0 Å². The number of azide groups is 3. The topological polar surface area (TPSA) is 554 Å². The van der Waals surface area contributed by atoms with Gasteiger partial charge in [0.2, 0.25) is 0 Å². The van der Waals surface area contributed by atoms with Crippen molar-refractivity contribution < 1.29 is 108 Å². The third-order valence-electron chi connectivity index (χ3n) is 18.6. The fourth-order valence-electron chi connectivity index (χ4n) is 12.4. The van der Waals surface area contributed by atoms with Crippen molar-refractivity contribution in [1.82, 2.24) is 40.2 Å². The first-order chi connectivity index (χ1) is 51.2. The molecule has 1 aromatic carbocycles. The van der Waals surface area contributed by atoms with Gasteiger partial charge in [-0.1, -0.05) is 80.8 Å². The fraction of sp³-hybridized carbons (Fsp3) is 0.641. The van der Waals surface area contributed by atoms with Gasteiger partial charge in [0.05, 0.1) is 39.5 Å². The maximum Gasteiger partial charge on any atom is 0.530 e. The van der Waals surface area contributed by atoms with E-state index in [1.54, 1.807) is 39.0 Å². The molecule has 40 nitrogen and oxygen atoms in total. The van der Waals surface area contributed by atoms with E-state index < -0.39 is 186 Å². The Kier molecular flexibility index (Phi) is 30.8. The van der Waals surface area contributed by atoms with Gasteiger partial charge in [-0.3, -0.25) is 51.9 Å². The van der Waals surface area contributed by atoms with Crippen LogP contribution in [0.1, 0.15) is 117 Å². The fourth-order valence-corrected chi connectivity index (χ4v) is 15.6. The number of carbonyl (C=O) groups excluding carboxylic acids is 5. The Bertz CT molecular complexity index is 4040. The van der Waals surface area contributed by atoms with Crippen LogP contribution >= 0.6 is 15.5 Å². The molecule has 5 fully saturated rings. The maximum absolute atomic E-state index is 15.5. The van der Waals surface area contributed by atoms with E-state index in [9.17, 15) is 62.4 Å². The number of esters is 3. The Balaban J connectivity index is 0.000000235. The summed E-state index contributed by atoms with van der Waals surface area (Å²) in [5, 5.41) is 52.2. The molecule has 10 N–H and O–H groups in total. The zero-order chi connectivity index (χ0) is 79.1. The van der Waals surface area contributed by atoms with Crippen molar-refractivity contribution in [2.24, 2.45) is 27.0 Å². The van der Waals surface area contributed by atoms with Crippen LogP contribution in [0.2, 0.25) is 0 Å². The summed E-state index contributed by atoms with van der Waals surface area (Å²) in [6.45, 7) is 11.2. The average molecular weight is 1580 g/mol. The summed E-state index contributed by atoms with van der Waals surface area (Å²) in [4.78, 5) is 97.0. The molecule has 10 rings (SSSR count). The number of hydrogen-bond donors (Lipinski definition) is 9. The van der Waals surface area contributed by atoms with Crippen LogP contribution in [0.25, 0.3) is 31.3 Å². The zero-order valence-corrected chi connectivity index (χ0v) is 61.2.